The maximum Gasteiger partial charge on any atom is 0.323 e. The van der Waals surface area contributed by atoms with Gasteiger partial charge in [-0.3, -0.25) is 9.59 Å². The van der Waals surface area contributed by atoms with Crippen molar-refractivity contribution in [1.82, 2.24) is 0 Å². The third-order valence-electron chi connectivity index (χ3n) is 2.95. The Hall–Kier alpha value is -1.32. The topological polar surface area (TPSA) is 52.6 Å². The van der Waals surface area contributed by atoms with E-state index in [2.05, 4.69) is 6.58 Å². The van der Waals surface area contributed by atoms with Crippen LogP contribution in [0.4, 0.5) is 0 Å². The minimum absolute atomic E-state index is 0.117. The van der Waals surface area contributed by atoms with Crippen molar-refractivity contribution in [3.8, 4) is 0 Å². The van der Waals surface area contributed by atoms with Crippen LogP contribution in [0.5, 0.6) is 0 Å². The molecule has 0 bridgehead atoms. The van der Waals surface area contributed by atoms with Gasteiger partial charge in [0.05, 0.1) is 6.61 Å². The minimum atomic E-state index is -1.16. The van der Waals surface area contributed by atoms with Crippen molar-refractivity contribution >= 4 is 11.9 Å². The summed E-state index contributed by atoms with van der Waals surface area (Å²) in [6, 6.07) is 0. The summed E-state index contributed by atoms with van der Waals surface area (Å²) in [4.78, 5) is 24.2. The Morgan fingerprint density at radius 1 is 1.17 bits per heavy atom. The van der Waals surface area contributed by atoms with Crippen LogP contribution in [0.2, 0.25) is 0 Å². The number of carbonyl (C=O) groups is 2. The molecule has 0 aliphatic heterocycles. The number of carbonyl (C=O) groups excluding carboxylic acids is 2. The van der Waals surface area contributed by atoms with Gasteiger partial charge in [-0.25, -0.2) is 0 Å². The van der Waals surface area contributed by atoms with Crippen LogP contribution in [0.1, 0.15) is 46.5 Å². The van der Waals surface area contributed by atoms with Crippen molar-refractivity contribution in [1.29, 1.82) is 0 Å². The lowest BCUT2D eigenvalue weighted by molar-refractivity contribution is -0.172. The van der Waals surface area contributed by atoms with Gasteiger partial charge in [0.25, 0.3) is 0 Å². The van der Waals surface area contributed by atoms with Crippen LogP contribution >= 0.6 is 0 Å². The van der Waals surface area contributed by atoms with Gasteiger partial charge in [-0.05, 0) is 19.8 Å². The van der Waals surface area contributed by atoms with Crippen LogP contribution in [-0.4, -0.2) is 25.2 Å². The van der Waals surface area contributed by atoms with E-state index in [9.17, 15) is 9.59 Å². The van der Waals surface area contributed by atoms with Crippen molar-refractivity contribution in [2.45, 2.75) is 46.5 Å². The molecular weight excluding hydrogens is 232 g/mol. The fourth-order valence-corrected chi connectivity index (χ4v) is 1.77. The molecule has 4 nitrogen and oxygen atoms in total. The lowest BCUT2D eigenvalue weighted by Gasteiger charge is -2.27. The summed E-state index contributed by atoms with van der Waals surface area (Å²) in [5, 5.41) is 0. The predicted molar refractivity (Wildman–Crippen MR) is 70.0 cm³/mol. The zero-order valence-electron chi connectivity index (χ0n) is 11.7. The quantitative estimate of drug-likeness (QED) is 0.361. The first-order valence-corrected chi connectivity index (χ1v) is 6.54. The van der Waals surface area contributed by atoms with Gasteiger partial charge in [-0.2, -0.15) is 0 Å². The molecule has 0 spiro atoms. The van der Waals surface area contributed by atoms with Gasteiger partial charge in [-0.15, -0.1) is 0 Å². The summed E-state index contributed by atoms with van der Waals surface area (Å²) in [7, 11) is 0. The molecule has 0 amide bonds. The summed E-state index contributed by atoms with van der Waals surface area (Å²) < 4.78 is 10.1. The van der Waals surface area contributed by atoms with Crippen molar-refractivity contribution in [3.63, 3.8) is 0 Å². The molecule has 0 aromatic heterocycles. The summed E-state index contributed by atoms with van der Waals surface area (Å²) in [6.45, 7) is 9.42. The molecule has 0 rings (SSSR count). The number of hydrogen-bond donors (Lipinski definition) is 0. The Bertz CT molecular complexity index is 286. The highest BCUT2D eigenvalue weighted by Gasteiger charge is 2.46. The Kier molecular flexibility index (Phi) is 8.08. The summed E-state index contributed by atoms with van der Waals surface area (Å²) in [5.41, 5.74) is -1.16. The van der Waals surface area contributed by atoms with E-state index in [1.807, 2.05) is 13.8 Å². The summed E-state index contributed by atoms with van der Waals surface area (Å²) in [5.74, 6) is -0.980. The van der Waals surface area contributed by atoms with Gasteiger partial charge >= 0.3 is 11.9 Å². The normalized spacial score (nSPS) is 13.5. The van der Waals surface area contributed by atoms with E-state index >= 15 is 0 Å². The molecule has 1 unspecified atom stereocenters. The Morgan fingerprint density at radius 2 is 1.78 bits per heavy atom. The van der Waals surface area contributed by atoms with Gasteiger partial charge in [0.1, 0.15) is 6.61 Å². The van der Waals surface area contributed by atoms with Crippen molar-refractivity contribution in [2.75, 3.05) is 13.2 Å². The van der Waals surface area contributed by atoms with Gasteiger partial charge in [0, 0.05) is 0 Å². The number of ether oxygens (including phenoxy) is 2. The van der Waals surface area contributed by atoms with Crippen LogP contribution in [0.3, 0.4) is 0 Å². The van der Waals surface area contributed by atoms with Gasteiger partial charge in [0.2, 0.25) is 0 Å². The molecule has 4 heteroatoms. The van der Waals surface area contributed by atoms with Gasteiger partial charge in [-0.1, -0.05) is 39.3 Å². The first-order valence-electron chi connectivity index (χ1n) is 6.54. The standard InChI is InChI=1S/C14H24O4/c1-5-9-10-14(7-3,12(15)17-8-4)13(16)18-11-6-2/h6H,2,5,7-11H2,1,3-4H3. The Morgan fingerprint density at radius 3 is 2.22 bits per heavy atom. The van der Waals surface area contributed by atoms with Crippen LogP contribution in [0.25, 0.3) is 0 Å². The van der Waals surface area contributed by atoms with Crippen molar-refractivity contribution in [2.24, 2.45) is 5.41 Å². The highest BCUT2D eigenvalue weighted by Crippen LogP contribution is 2.32. The fourth-order valence-electron chi connectivity index (χ4n) is 1.77. The molecule has 0 saturated heterocycles. The molecule has 104 valence electrons. The molecular formula is C14H24O4. The first-order chi connectivity index (χ1) is 8.58. The van der Waals surface area contributed by atoms with Gasteiger partial charge < -0.3 is 9.47 Å². The highest BCUT2D eigenvalue weighted by molar-refractivity contribution is 6.00. The molecule has 0 aromatic carbocycles. The molecule has 0 radical (unpaired) electrons. The molecule has 1 atom stereocenters. The largest absolute Gasteiger partial charge is 0.465 e. The van der Waals surface area contributed by atoms with E-state index in [1.165, 1.54) is 6.08 Å². The van der Waals surface area contributed by atoms with E-state index < -0.39 is 17.4 Å². The maximum absolute atomic E-state index is 12.1. The molecule has 18 heavy (non-hydrogen) atoms. The highest BCUT2D eigenvalue weighted by atomic mass is 16.6. The molecule has 0 aliphatic carbocycles. The SMILES string of the molecule is C=CCOC(=O)C(CC)(CCCC)C(=O)OCC. The van der Waals surface area contributed by atoms with E-state index in [0.29, 0.717) is 12.8 Å². The zero-order chi connectivity index (χ0) is 14.0. The monoisotopic (exact) mass is 256 g/mol. The third kappa shape index (κ3) is 4.17. The van der Waals surface area contributed by atoms with Crippen molar-refractivity contribution in [3.05, 3.63) is 12.7 Å². The van der Waals surface area contributed by atoms with Crippen molar-refractivity contribution < 1.29 is 19.1 Å². The summed E-state index contributed by atoms with van der Waals surface area (Å²) >= 11 is 0. The average Bonchev–Trinajstić information content (AvgIpc) is 2.38. The predicted octanol–water partition coefficient (Wildman–Crippen LogP) is 2.87. The maximum atomic E-state index is 12.1. The molecule has 0 N–H and O–H groups in total. The zero-order valence-corrected chi connectivity index (χ0v) is 11.7. The van der Waals surface area contributed by atoms with Crippen LogP contribution in [0.15, 0.2) is 12.7 Å². The molecule has 0 aliphatic rings. The average molecular weight is 256 g/mol. The smallest absolute Gasteiger partial charge is 0.323 e. The van der Waals surface area contributed by atoms with E-state index in [-0.39, 0.29) is 13.2 Å². The Balaban J connectivity index is 5.00. The molecule has 0 saturated carbocycles. The second-order valence-corrected chi connectivity index (χ2v) is 4.15. The molecule has 0 heterocycles. The van der Waals surface area contributed by atoms with Crippen LogP contribution in [-0.2, 0) is 19.1 Å². The van der Waals surface area contributed by atoms with Crippen LogP contribution in [0, 0.1) is 5.41 Å². The van der Waals surface area contributed by atoms with Gasteiger partial charge in [0.15, 0.2) is 5.41 Å². The van der Waals surface area contributed by atoms with Crippen LogP contribution < -0.4 is 0 Å². The van der Waals surface area contributed by atoms with E-state index in [4.69, 9.17) is 9.47 Å². The number of unbranched alkanes of at least 4 members (excludes halogenated alkanes) is 1. The lowest BCUT2D eigenvalue weighted by Crippen LogP contribution is -2.41. The second kappa shape index (κ2) is 8.72. The second-order valence-electron chi connectivity index (χ2n) is 4.15. The number of hydrogen-bond acceptors (Lipinski definition) is 4. The lowest BCUT2D eigenvalue weighted by atomic mass is 9.80. The van der Waals surface area contributed by atoms with E-state index in [0.717, 1.165) is 12.8 Å². The Labute approximate surface area is 109 Å². The molecule has 0 fully saturated rings. The first kappa shape index (κ1) is 16.7. The summed E-state index contributed by atoms with van der Waals surface area (Å²) in [6.07, 6.45) is 4.05. The van der Waals surface area contributed by atoms with E-state index in [1.54, 1.807) is 6.92 Å². The number of rotatable bonds is 9. The fraction of sp³-hybridized carbons (Fsp3) is 0.714. The minimum Gasteiger partial charge on any atom is -0.465 e. The third-order valence-corrected chi connectivity index (χ3v) is 2.95. The number of esters is 2. The molecule has 0 aromatic rings.